The van der Waals surface area contributed by atoms with E-state index in [4.69, 9.17) is 14.2 Å². The monoisotopic (exact) mass is 499 g/mol. The average Bonchev–Trinajstić information content (AvgIpc) is 3.40. The lowest BCUT2D eigenvalue weighted by Gasteiger charge is -2.42. The van der Waals surface area contributed by atoms with Gasteiger partial charge in [-0.3, -0.25) is 14.4 Å². The van der Waals surface area contributed by atoms with Crippen LogP contribution in [-0.2, 0) is 19.1 Å². The van der Waals surface area contributed by atoms with Crippen LogP contribution in [0.15, 0.2) is 18.2 Å². The number of carbonyl (C=O) groups excluding carboxylic acids is 3. The van der Waals surface area contributed by atoms with Crippen LogP contribution in [0.25, 0.3) is 0 Å². The van der Waals surface area contributed by atoms with Crippen molar-refractivity contribution >= 4 is 23.4 Å². The molecule has 3 heterocycles. The van der Waals surface area contributed by atoms with Crippen molar-refractivity contribution in [1.82, 2.24) is 10.2 Å². The van der Waals surface area contributed by atoms with Gasteiger partial charge in [0, 0.05) is 37.9 Å². The summed E-state index contributed by atoms with van der Waals surface area (Å²) in [5.41, 5.74) is 1.01. The van der Waals surface area contributed by atoms with E-state index in [2.05, 4.69) is 10.6 Å². The molecule has 2 N–H and O–H groups in total. The third-order valence-corrected chi connectivity index (χ3v) is 8.00. The van der Waals surface area contributed by atoms with Gasteiger partial charge in [0.25, 0.3) is 5.91 Å². The Balaban J connectivity index is 1.22. The Morgan fingerprint density at radius 3 is 2.61 bits per heavy atom. The molecule has 9 nitrogen and oxygen atoms in total. The minimum absolute atomic E-state index is 0.0437. The Kier molecular flexibility index (Phi) is 7.76. The molecular formula is C27H37N3O6. The number of ether oxygens (including phenoxy) is 3. The fourth-order valence-corrected chi connectivity index (χ4v) is 5.87. The first-order valence-corrected chi connectivity index (χ1v) is 13.4. The van der Waals surface area contributed by atoms with Gasteiger partial charge in [-0.05, 0) is 56.7 Å². The van der Waals surface area contributed by atoms with E-state index >= 15 is 0 Å². The van der Waals surface area contributed by atoms with Crippen molar-refractivity contribution < 1.29 is 28.6 Å². The second kappa shape index (κ2) is 11.2. The largest absolute Gasteiger partial charge is 0.490 e. The number of anilines is 1. The van der Waals surface area contributed by atoms with Crippen molar-refractivity contribution in [3.05, 3.63) is 23.8 Å². The Hall–Kier alpha value is -2.65. The minimum Gasteiger partial charge on any atom is -0.490 e. The zero-order valence-electron chi connectivity index (χ0n) is 21.0. The third kappa shape index (κ3) is 5.67. The van der Waals surface area contributed by atoms with Crippen molar-refractivity contribution in [1.29, 1.82) is 0 Å². The predicted octanol–water partition coefficient (Wildman–Crippen LogP) is 2.88. The predicted molar refractivity (Wildman–Crippen MR) is 133 cm³/mol. The summed E-state index contributed by atoms with van der Waals surface area (Å²) < 4.78 is 17.7. The van der Waals surface area contributed by atoms with Crippen LogP contribution in [0.1, 0.15) is 68.1 Å². The van der Waals surface area contributed by atoms with Gasteiger partial charge in [-0.2, -0.15) is 0 Å². The number of amides is 3. The van der Waals surface area contributed by atoms with Crippen molar-refractivity contribution in [2.75, 3.05) is 32.2 Å². The van der Waals surface area contributed by atoms with Crippen LogP contribution in [0, 0.1) is 5.92 Å². The first-order valence-electron chi connectivity index (χ1n) is 13.4. The highest BCUT2D eigenvalue weighted by molar-refractivity contribution is 6.00. The fourth-order valence-electron chi connectivity index (χ4n) is 5.87. The van der Waals surface area contributed by atoms with Crippen LogP contribution in [-0.4, -0.2) is 73.8 Å². The number of likely N-dealkylation sites (N-methyl/N-ethyl adjacent to an activating group) is 1. The Labute approximate surface area is 212 Å². The van der Waals surface area contributed by atoms with Gasteiger partial charge in [0.15, 0.2) is 0 Å². The van der Waals surface area contributed by atoms with E-state index in [0.29, 0.717) is 68.5 Å². The molecule has 4 aliphatic rings. The SMILES string of the molecule is CN1C(=O)c2cc(NC(=O)C3CCOCC3)ccc2OC[C@H]2O[C@H](CC(=O)NC3CCCC3)CC[C@H]21. The molecule has 1 saturated carbocycles. The van der Waals surface area contributed by atoms with Gasteiger partial charge >= 0.3 is 0 Å². The molecule has 0 radical (unpaired) electrons. The summed E-state index contributed by atoms with van der Waals surface area (Å²) in [6, 6.07) is 5.35. The summed E-state index contributed by atoms with van der Waals surface area (Å²) in [6.45, 7) is 1.48. The van der Waals surface area contributed by atoms with Crippen molar-refractivity contribution in [3.8, 4) is 5.75 Å². The van der Waals surface area contributed by atoms with E-state index in [1.165, 1.54) is 12.8 Å². The maximum atomic E-state index is 13.4. The van der Waals surface area contributed by atoms with Crippen LogP contribution in [0.3, 0.4) is 0 Å². The number of benzene rings is 1. The van der Waals surface area contributed by atoms with Gasteiger partial charge in [-0.1, -0.05) is 12.8 Å². The molecule has 5 rings (SSSR count). The normalized spacial score (nSPS) is 27.3. The molecule has 3 amide bonds. The molecular weight excluding hydrogens is 462 g/mol. The number of nitrogens with zero attached hydrogens (tertiary/aromatic N) is 1. The molecule has 1 aromatic rings. The van der Waals surface area contributed by atoms with E-state index in [1.54, 1.807) is 30.1 Å². The quantitative estimate of drug-likeness (QED) is 0.645. The van der Waals surface area contributed by atoms with E-state index in [9.17, 15) is 14.4 Å². The smallest absolute Gasteiger partial charge is 0.257 e. The number of fused-ring (bicyclic) bond motifs is 2. The Morgan fingerprint density at radius 2 is 1.83 bits per heavy atom. The van der Waals surface area contributed by atoms with Crippen molar-refractivity contribution in [2.24, 2.45) is 5.92 Å². The van der Waals surface area contributed by atoms with Gasteiger partial charge < -0.3 is 29.7 Å². The van der Waals surface area contributed by atoms with Crippen molar-refractivity contribution in [3.63, 3.8) is 0 Å². The third-order valence-electron chi connectivity index (χ3n) is 8.00. The molecule has 3 fully saturated rings. The van der Waals surface area contributed by atoms with Crippen LogP contribution in [0.4, 0.5) is 5.69 Å². The van der Waals surface area contributed by atoms with Gasteiger partial charge in [0.1, 0.15) is 18.5 Å². The maximum absolute atomic E-state index is 13.4. The highest BCUT2D eigenvalue weighted by atomic mass is 16.5. The number of carbonyl (C=O) groups is 3. The number of nitrogens with one attached hydrogen (secondary N) is 2. The van der Waals surface area contributed by atoms with E-state index in [-0.39, 0.29) is 41.9 Å². The van der Waals surface area contributed by atoms with Crippen molar-refractivity contribution in [2.45, 2.75) is 82.1 Å². The van der Waals surface area contributed by atoms with E-state index in [0.717, 1.165) is 19.3 Å². The second-order valence-electron chi connectivity index (χ2n) is 10.5. The lowest BCUT2D eigenvalue weighted by atomic mass is 9.94. The molecule has 9 heteroatoms. The maximum Gasteiger partial charge on any atom is 0.257 e. The van der Waals surface area contributed by atoms with Gasteiger partial charge in [-0.15, -0.1) is 0 Å². The van der Waals surface area contributed by atoms with E-state index < -0.39 is 0 Å². The zero-order valence-corrected chi connectivity index (χ0v) is 21.0. The lowest BCUT2D eigenvalue weighted by molar-refractivity contribution is -0.134. The fraction of sp³-hybridized carbons (Fsp3) is 0.667. The van der Waals surface area contributed by atoms with Gasteiger partial charge in [-0.25, -0.2) is 0 Å². The summed E-state index contributed by atoms with van der Waals surface area (Å²) in [7, 11) is 1.79. The zero-order chi connectivity index (χ0) is 25.1. The molecule has 0 unspecified atom stereocenters. The van der Waals surface area contributed by atoms with Crippen LogP contribution < -0.4 is 15.4 Å². The molecule has 3 aliphatic heterocycles. The molecule has 0 aromatic heterocycles. The van der Waals surface area contributed by atoms with Crippen LogP contribution >= 0.6 is 0 Å². The molecule has 3 atom stereocenters. The van der Waals surface area contributed by atoms with Crippen LogP contribution in [0.2, 0.25) is 0 Å². The Morgan fingerprint density at radius 1 is 1.06 bits per heavy atom. The molecule has 196 valence electrons. The van der Waals surface area contributed by atoms with Gasteiger partial charge in [0.2, 0.25) is 11.8 Å². The molecule has 1 aromatic carbocycles. The highest BCUT2D eigenvalue weighted by Gasteiger charge is 2.39. The van der Waals surface area contributed by atoms with E-state index in [1.807, 2.05) is 0 Å². The lowest BCUT2D eigenvalue weighted by Crippen LogP contribution is -2.54. The molecule has 0 bridgehead atoms. The highest BCUT2D eigenvalue weighted by Crippen LogP contribution is 2.33. The topological polar surface area (TPSA) is 106 Å². The molecule has 0 spiro atoms. The minimum atomic E-state index is -0.307. The summed E-state index contributed by atoms with van der Waals surface area (Å²) in [5.74, 6) is 0.225. The molecule has 1 aliphatic carbocycles. The number of hydrogen-bond acceptors (Lipinski definition) is 6. The summed E-state index contributed by atoms with van der Waals surface area (Å²) in [4.78, 5) is 40.3. The summed E-state index contributed by atoms with van der Waals surface area (Å²) >= 11 is 0. The number of hydrogen-bond donors (Lipinski definition) is 2. The first kappa shape index (κ1) is 25.0. The summed E-state index contributed by atoms with van der Waals surface area (Å²) in [6.07, 6.45) is 7.19. The number of rotatable bonds is 5. The summed E-state index contributed by atoms with van der Waals surface area (Å²) in [5, 5.41) is 6.09. The van der Waals surface area contributed by atoms with Gasteiger partial charge in [0.05, 0.1) is 24.1 Å². The first-order chi connectivity index (χ1) is 17.5. The van der Waals surface area contributed by atoms with Crippen LogP contribution in [0.5, 0.6) is 5.75 Å². The molecule has 36 heavy (non-hydrogen) atoms. The second-order valence-corrected chi connectivity index (χ2v) is 10.5. The molecule has 2 saturated heterocycles. The average molecular weight is 500 g/mol. The Bertz CT molecular complexity index is 972. The standard InChI is InChI=1S/C27H37N3O6/c1-30-22-8-7-20(15-25(31)28-18-4-2-3-5-18)36-24(22)16-35-23-9-6-19(14-21(23)27(30)33)29-26(32)17-10-12-34-13-11-17/h6,9,14,17-18,20,22,24H,2-5,7-8,10-13,15-16H2,1H3,(H,28,31)(H,29,32)/t20-,22+,24+/m0/s1.